The SMILES string of the molecule is O=C(COc1ccc(F)cc1)Nc1ccccc1C(=O)NCC(F)(F)F. The highest BCUT2D eigenvalue weighted by atomic mass is 19.4. The van der Waals surface area contributed by atoms with Crippen LogP contribution < -0.4 is 15.4 Å². The molecule has 0 aliphatic carbocycles. The minimum Gasteiger partial charge on any atom is -0.484 e. The van der Waals surface area contributed by atoms with Crippen molar-refractivity contribution in [1.29, 1.82) is 0 Å². The second kappa shape index (κ2) is 8.32. The van der Waals surface area contributed by atoms with E-state index in [9.17, 15) is 27.2 Å². The van der Waals surface area contributed by atoms with Gasteiger partial charge >= 0.3 is 6.18 Å². The standard InChI is InChI=1S/C17H14F4N2O3/c18-11-5-7-12(8-6-11)26-9-15(24)23-14-4-2-1-3-13(14)16(25)22-10-17(19,20)21/h1-8H,9-10H2,(H,22,25)(H,23,24). The lowest BCUT2D eigenvalue weighted by atomic mass is 10.1. The predicted octanol–water partition coefficient (Wildman–Crippen LogP) is 3.14. The van der Waals surface area contributed by atoms with E-state index in [0.29, 0.717) is 0 Å². The van der Waals surface area contributed by atoms with Gasteiger partial charge in [-0.25, -0.2) is 4.39 Å². The lowest BCUT2D eigenvalue weighted by Crippen LogP contribution is -2.34. The third-order valence-corrected chi connectivity index (χ3v) is 3.08. The van der Waals surface area contributed by atoms with Crippen molar-refractivity contribution in [2.75, 3.05) is 18.5 Å². The van der Waals surface area contributed by atoms with Crippen molar-refractivity contribution in [2.45, 2.75) is 6.18 Å². The Morgan fingerprint density at radius 2 is 1.65 bits per heavy atom. The normalized spacial score (nSPS) is 10.9. The Balaban J connectivity index is 1.97. The summed E-state index contributed by atoms with van der Waals surface area (Å²) in [6.45, 7) is -1.91. The number of amides is 2. The number of para-hydroxylation sites is 1. The molecule has 2 aromatic rings. The van der Waals surface area contributed by atoms with Gasteiger partial charge in [0.15, 0.2) is 6.61 Å². The molecule has 0 radical (unpaired) electrons. The van der Waals surface area contributed by atoms with Crippen LogP contribution in [-0.4, -0.2) is 31.1 Å². The zero-order chi connectivity index (χ0) is 19.2. The van der Waals surface area contributed by atoms with Crippen LogP contribution >= 0.6 is 0 Å². The molecule has 5 nitrogen and oxygen atoms in total. The summed E-state index contributed by atoms with van der Waals surface area (Å²) in [6, 6.07) is 10.6. The average Bonchev–Trinajstić information content (AvgIpc) is 2.59. The first-order chi connectivity index (χ1) is 12.2. The summed E-state index contributed by atoms with van der Waals surface area (Å²) in [5.41, 5.74) is -0.0771. The number of hydrogen-bond acceptors (Lipinski definition) is 3. The molecule has 0 saturated heterocycles. The van der Waals surface area contributed by atoms with Gasteiger partial charge in [-0.05, 0) is 36.4 Å². The summed E-state index contributed by atoms with van der Waals surface area (Å²) in [5, 5.41) is 4.12. The molecule has 0 aliphatic rings. The largest absolute Gasteiger partial charge is 0.484 e. The van der Waals surface area contributed by atoms with E-state index in [4.69, 9.17) is 4.74 Å². The monoisotopic (exact) mass is 370 g/mol. The van der Waals surface area contributed by atoms with Gasteiger partial charge in [0, 0.05) is 0 Å². The zero-order valence-corrected chi connectivity index (χ0v) is 13.3. The Morgan fingerprint density at radius 1 is 1.00 bits per heavy atom. The van der Waals surface area contributed by atoms with Gasteiger partial charge in [-0.1, -0.05) is 12.1 Å². The number of hydrogen-bond donors (Lipinski definition) is 2. The highest BCUT2D eigenvalue weighted by molar-refractivity contribution is 6.04. The number of alkyl halides is 3. The Morgan fingerprint density at radius 3 is 2.31 bits per heavy atom. The molecule has 0 saturated carbocycles. The molecule has 2 amide bonds. The molecular formula is C17H14F4N2O3. The lowest BCUT2D eigenvalue weighted by Gasteiger charge is -2.13. The summed E-state index contributed by atoms with van der Waals surface area (Å²) >= 11 is 0. The molecule has 26 heavy (non-hydrogen) atoms. The van der Waals surface area contributed by atoms with Gasteiger partial charge in [-0.2, -0.15) is 13.2 Å². The van der Waals surface area contributed by atoms with Crippen molar-refractivity contribution in [2.24, 2.45) is 0 Å². The van der Waals surface area contributed by atoms with E-state index >= 15 is 0 Å². The molecule has 0 aromatic heterocycles. The van der Waals surface area contributed by atoms with E-state index < -0.39 is 37.0 Å². The highest BCUT2D eigenvalue weighted by Gasteiger charge is 2.28. The second-order valence-corrected chi connectivity index (χ2v) is 5.13. The van der Waals surface area contributed by atoms with E-state index in [2.05, 4.69) is 5.32 Å². The topological polar surface area (TPSA) is 67.4 Å². The zero-order valence-electron chi connectivity index (χ0n) is 13.3. The Bertz CT molecular complexity index is 776. The third-order valence-electron chi connectivity index (χ3n) is 3.08. The van der Waals surface area contributed by atoms with Crippen LogP contribution in [0.25, 0.3) is 0 Å². The summed E-state index contributed by atoms with van der Waals surface area (Å²) < 4.78 is 54.6. The number of nitrogens with one attached hydrogen (secondary N) is 2. The predicted molar refractivity (Wildman–Crippen MR) is 85.4 cm³/mol. The molecular weight excluding hydrogens is 356 g/mol. The van der Waals surface area contributed by atoms with E-state index in [0.717, 1.165) is 12.1 Å². The first-order valence-corrected chi connectivity index (χ1v) is 7.37. The van der Waals surface area contributed by atoms with E-state index in [-0.39, 0.29) is 17.0 Å². The molecule has 0 spiro atoms. The van der Waals surface area contributed by atoms with Gasteiger partial charge in [-0.15, -0.1) is 0 Å². The molecule has 0 atom stereocenters. The average molecular weight is 370 g/mol. The van der Waals surface area contributed by atoms with Gasteiger partial charge < -0.3 is 15.4 Å². The summed E-state index contributed by atoms with van der Waals surface area (Å²) in [7, 11) is 0. The number of ether oxygens (including phenoxy) is 1. The fraction of sp³-hybridized carbons (Fsp3) is 0.176. The van der Waals surface area contributed by atoms with Crippen LogP contribution in [0, 0.1) is 5.82 Å². The minimum absolute atomic E-state index is 0.0416. The van der Waals surface area contributed by atoms with Crippen LogP contribution in [0.15, 0.2) is 48.5 Å². The number of carbonyl (C=O) groups is 2. The van der Waals surface area contributed by atoms with Crippen LogP contribution in [0.4, 0.5) is 23.2 Å². The van der Waals surface area contributed by atoms with Gasteiger partial charge in [0.2, 0.25) is 0 Å². The van der Waals surface area contributed by atoms with Gasteiger partial charge in [0.1, 0.15) is 18.1 Å². The Hall–Kier alpha value is -3.10. The molecule has 2 rings (SSSR count). The van der Waals surface area contributed by atoms with Gasteiger partial charge in [-0.3, -0.25) is 9.59 Å². The van der Waals surface area contributed by atoms with Gasteiger partial charge in [0.05, 0.1) is 11.3 Å². The highest BCUT2D eigenvalue weighted by Crippen LogP contribution is 2.17. The molecule has 0 heterocycles. The first kappa shape index (κ1) is 19.2. The number of halogens is 4. The maximum atomic E-state index is 12.8. The van der Waals surface area contributed by atoms with Crippen LogP contribution in [0.5, 0.6) is 5.75 Å². The van der Waals surface area contributed by atoms with Gasteiger partial charge in [0.25, 0.3) is 11.8 Å². The van der Waals surface area contributed by atoms with E-state index in [1.54, 1.807) is 5.32 Å². The fourth-order valence-corrected chi connectivity index (χ4v) is 1.93. The molecule has 0 unspecified atom stereocenters. The maximum Gasteiger partial charge on any atom is 0.405 e. The molecule has 138 valence electrons. The van der Waals surface area contributed by atoms with Crippen molar-refractivity contribution in [3.8, 4) is 5.75 Å². The number of rotatable bonds is 6. The van der Waals surface area contributed by atoms with Crippen molar-refractivity contribution >= 4 is 17.5 Å². The van der Waals surface area contributed by atoms with E-state index in [1.807, 2.05) is 0 Å². The van der Waals surface area contributed by atoms with Crippen molar-refractivity contribution in [3.05, 3.63) is 59.9 Å². The third kappa shape index (κ3) is 6.08. The minimum atomic E-state index is -4.54. The van der Waals surface area contributed by atoms with Crippen LogP contribution in [-0.2, 0) is 4.79 Å². The molecule has 2 N–H and O–H groups in total. The maximum absolute atomic E-state index is 12.8. The summed E-state index contributed by atoms with van der Waals surface area (Å²) in [4.78, 5) is 23.8. The van der Waals surface area contributed by atoms with Crippen molar-refractivity contribution in [1.82, 2.24) is 5.32 Å². The number of benzene rings is 2. The molecule has 0 bridgehead atoms. The number of anilines is 1. The number of carbonyl (C=O) groups excluding carboxylic acids is 2. The molecule has 2 aromatic carbocycles. The van der Waals surface area contributed by atoms with Crippen molar-refractivity contribution in [3.63, 3.8) is 0 Å². The Kier molecular flexibility index (Phi) is 6.16. The molecule has 0 fully saturated rings. The van der Waals surface area contributed by atoms with E-state index in [1.165, 1.54) is 36.4 Å². The summed E-state index contributed by atoms with van der Waals surface area (Å²) in [6.07, 6.45) is -4.54. The van der Waals surface area contributed by atoms with Crippen LogP contribution in [0.2, 0.25) is 0 Å². The molecule has 9 heteroatoms. The first-order valence-electron chi connectivity index (χ1n) is 7.37. The Labute approximate surface area is 146 Å². The lowest BCUT2D eigenvalue weighted by molar-refractivity contribution is -0.123. The molecule has 0 aliphatic heterocycles. The van der Waals surface area contributed by atoms with Crippen LogP contribution in [0.1, 0.15) is 10.4 Å². The smallest absolute Gasteiger partial charge is 0.405 e. The van der Waals surface area contributed by atoms with Crippen LogP contribution in [0.3, 0.4) is 0 Å². The second-order valence-electron chi connectivity index (χ2n) is 5.13. The fourth-order valence-electron chi connectivity index (χ4n) is 1.93. The van der Waals surface area contributed by atoms with Crippen molar-refractivity contribution < 1.29 is 31.9 Å². The quantitative estimate of drug-likeness (QED) is 0.768. The summed E-state index contributed by atoms with van der Waals surface area (Å²) in [5.74, 6) is -1.80.